The number of primary amides is 1. The van der Waals surface area contributed by atoms with E-state index >= 15 is 0 Å². The third-order valence-corrected chi connectivity index (χ3v) is 3.91. The summed E-state index contributed by atoms with van der Waals surface area (Å²) in [5.41, 5.74) is 3.78. The molecule has 0 aromatic heterocycles. The van der Waals surface area contributed by atoms with Gasteiger partial charge in [0.05, 0.1) is 11.5 Å². The van der Waals surface area contributed by atoms with Crippen LogP contribution in [-0.4, -0.2) is 10.2 Å². The Morgan fingerprint density at radius 3 is 2.26 bits per heavy atom. The molecule has 0 saturated heterocycles. The Morgan fingerprint density at radius 2 is 1.84 bits per heavy atom. The van der Waals surface area contributed by atoms with Crippen molar-refractivity contribution in [1.29, 1.82) is 0 Å². The summed E-state index contributed by atoms with van der Waals surface area (Å²) in [5, 5.41) is 0. The van der Waals surface area contributed by atoms with Crippen molar-refractivity contribution in [3.05, 3.63) is 35.1 Å². The molecule has 0 radical (unpaired) electrons. The highest BCUT2D eigenvalue weighted by atomic mass is 35.5. The minimum atomic E-state index is -4.70. The molecule has 1 aromatic rings. The molecule has 0 heterocycles. The van der Waals surface area contributed by atoms with Crippen LogP contribution in [0, 0.1) is 11.7 Å². The molecule has 2 nitrogen and oxygen atoms in total. The van der Waals surface area contributed by atoms with Crippen molar-refractivity contribution >= 4 is 29.1 Å². The molecule has 1 aromatic carbocycles. The first-order valence-corrected chi connectivity index (χ1v) is 5.85. The average Bonchev–Trinajstić information content (AvgIpc) is 2.79. The minimum Gasteiger partial charge on any atom is -0.369 e. The second-order valence-corrected chi connectivity index (χ2v) is 5.75. The van der Waals surface area contributed by atoms with Crippen LogP contribution in [0.1, 0.15) is 17.0 Å². The van der Waals surface area contributed by atoms with E-state index in [1.165, 1.54) is 0 Å². The van der Waals surface area contributed by atoms with Gasteiger partial charge in [-0.2, -0.15) is 13.2 Å². The first kappa shape index (κ1) is 14.4. The number of halogens is 6. The maximum absolute atomic E-state index is 13.2. The fraction of sp³-hybridized carbons (Fsp3) is 0.364. The molecule has 2 N–H and O–H groups in total. The summed E-state index contributed by atoms with van der Waals surface area (Å²) < 4.78 is 49.3. The van der Waals surface area contributed by atoms with Crippen LogP contribution in [-0.2, 0) is 11.0 Å². The third-order valence-electron chi connectivity index (χ3n) is 2.97. The second kappa shape index (κ2) is 4.24. The Bertz CT molecular complexity index is 544. The standard InChI is InChI=1S/C11H7Cl2F4NO/c12-10(13)7(8(10)9(18)19)4-1-5(11(15,16)17)3-6(14)2-4/h1-3,7-8H,(H2,18,19)/t7-,8+/m0/s1. The molecule has 1 aliphatic carbocycles. The Morgan fingerprint density at radius 1 is 1.26 bits per heavy atom. The SMILES string of the molecule is NC(=O)[C@H]1[C@H](c2cc(F)cc(C(F)(F)F)c2)C1(Cl)Cl. The molecule has 8 heteroatoms. The number of hydrogen-bond acceptors (Lipinski definition) is 1. The number of hydrogen-bond donors (Lipinski definition) is 1. The maximum Gasteiger partial charge on any atom is 0.416 e. The van der Waals surface area contributed by atoms with Crippen LogP contribution in [0.3, 0.4) is 0 Å². The fourth-order valence-corrected chi connectivity index (χ4v) is 2.90. The van der Waals surface area contributed by atoms with Gasteiger partial charge in [0.15, 0.2) is 0 Å². The Kier molecular flexibility index (Phi) is 3.22. The highest BCUT2D eigenvalue weighted by molar-refractivity contribution is 6.53. The molecular weight excluding hydrogens is 309 g/mol. The van der Waals surface area contributed by atoms with E-state index in [1.54, 1.807) is 0 Å². The van der Waals surface area contributed by atoms with Gasteiger partial charge in [-0.25, -0.2) is 4.39 Å². The van der Waals surface area contributed by atoms with Crippen LogP contribution < -0.4 is 5.73 Å². The summed E-state index contributed by atoms with van der Waals surface area (Å²) >= 11 is 11.6. The van der Waals surface area contributed by atoms with Gasteiger partial charge in [-0.3, -0.25) is 4.79 Å². The lowest BCUT2D eigenvalue weighted by molar-refractivity contribution is -0.137. The van der Waals surface area contributed by atoms with Gasteiger partial charge in [-0.15, -0.1) is 23.2 Å². The number of rotatable bonds is 2. The van der Waals surface area contributed by atoms with Crippen molar-refractivity contribution in [2.24, 2.45) is 11.7 Å². The monoisotopic (exact) mass is 315 g/mol. The van der Waals surface area contributed by atoms with E-state index in [1.807, 2.05) is 0 Å². The number of benzene rings is 1. The fourth-order valence-electron chi connectivity index (χ4n) is 2.05. The molecule has 2 rings (SSSR count). The maximum atomic E-state index is 13.2. The molecule has 1 amide bonds. The number of carbonyl (C=O) groups excluding carboxylic acids is 1. The van der Waals surface area contributed by atoms with Crippen molar-refractivity contribution in [3.8, 4) is 0 Å². The topological polar surface area (TPSA) is 43.1 Å². The van der Waals surface area contributed by atoms with Gasteiger partial charge < -0.3 is 5.73 Å². The van der Waals surface area contributed by atoms with Gasteiger partial charge in [-0.05, 0) is 23.8 Å². The van der Waals surface area contributed by atoms with Gasteiger partial charge in [0.2, 0.25) is 5.91 Å². The van der Waals surface area contributed by atoms with Gasteiger partial charge >= 0.3 is 6.18 Å². The molecule has 1 aliphatic rings. The second-order valence-electron chi connectivity index (χ2n) is 4.30. The van der Waals surface area contributed by atoms with Crippen molar-refractivity contribution < 1.29 is 22.4 Å². The Labute approximate surface area is 115 Å². The summed E-state index contributed by atoms with van der Waals surface area (Å²) in [6.07, 6.45) is -4.70. The summed E-state index contributed by atoms with van der Waals surface area (Å²) in [4.78, 5) is 11.1. The minimum absolute atomic E-state index is 0.0962. The molecule has 0 bridgehead atoms. The molecule has 0 spiro atoms. The number of amides is 1. The van der Waals surface area contributed by atoms with Crippen LogP contribution in [0.25, 0.3) is 0 Å². The predicted molar refractivity (Wildman–Crippen MR) is 61.3 cm³/mol. The van der Waals surface area contributed by atoms with Crippen LogP contribution in [0.4, 0.5) is 17.6 Å². The van der Waals surface area contributed by atoms with Crippen LogP contribution in [0.15, 0.2) is 18.2 Å². The lowest BCUT2D eigenvalue weighted by Crippen LogP contribution is -2.16. The molecule has 2 atom stereocenters. The van der Waals surface area contributed by atoms with E-state index in [4.69, 9.17) is 28.9 Å². The number of nitrogens with two attached hydrogens (primary N) is 1. The predicted octanol–water partition coefficient (Wildman–Crippen LogP) is 3.22. The van der Waals surface area contributed by atoms with Crippen molar-refractivity contribution in [1.82, 2.24) is 0 Å². The number of alkyl halides is 5. The zero-order valence-electron chi connectivity index (χ0n) is 9.14. The average molecular weight is 316 g/mol. The molecular formula is C11H7Cl2F4NO. The molecule has 1 saturated carbocycles. The first-order valence-electron chi connectivity index (χ1n) is 5.10. The lowest BCUT2D eigenvalue weighted by Gasteiger charge is -2.09. The van der Waals surface area contributed by atoms with Crippen LogP contribution in [0.5, 0.6) is 0 Å². The van der Waals surface area contributed by atoms with Gasteiger partial charge in [0, 0.05) is 5.92 Å². The van der Waals surface area contributed by atoms with Crippen LogP contribution in [0.2, 0.25) is 0 Å². The van der Waals surface area contributed by atoms with E-state index in [0.29, 0.717) is 6.07 Å². The zero-order valence-corrected chi connectivity index (χ0v) is 10.7. The van der Waals surface area contributed by atoms with Crippen molar-refractivity contribution in [2.75, 3.05) is 0 Å². The number of carbonyl (C=O) groups is 1. The Balaban J connectivity index is 2.43. The molecule has 104 valence electrons. The van der Waals surface area contributed by atoms with Gasteiger partial charge in [-0.1, -0.05) is 0 Å². The summed E-state index contributed by atoms with van der Waals surface area (Å²) in [6, 6.07) is 1.94. The molecule has 1 fully saturated rings. The first-order chi connectivity index (χ1) is 8.55. The van der Waals surface area contributed by atoms with E-state index in [-0.39, 0.29) is 5.56 Å². The quantitative estimate of drug-likeness (QED) is 0.661. The molecule has 0 unspecified atom stereocenters. The lowest BCUT2D eigenvalue weighted by atomic mass is 10.0. The van der Waals surface area contributed by atoms with E-state index in [2.05, 4.69) is 0 Å². The van der Waals surface area contributed by atoms with Crippen molar-refractivity contribution in [2.45, 2.75) is 16.4 Å². The van der Waals surface area contributed by atoms with Crippen molar-refractivity contribution in [3.63, 3.8) is 0 Å². The highest BCUT2D eigenvalue weighted by Crippen LogP contribution is 2.65. The third kappa shape index (κ3) is 2.51. The Hall–Kier alpha value is -1.01. The van der Waals surface area contributed by atoms with E-state index in [9.17, 15) is 22.4 Å². The van der Waals surface area contributed by atoms with Crippen LogP contribution >= 0.6 is 23.2 Å². The van der Waals surface area contributed by atoms with Gasteiger partial charge in [0.1, 0.15) is 10.2 Å². The van der Waals surface area contributed by atoms with E-state index in [0.717, 1.165) is 12.1 Å². The summed E-state index contributed by atoms with van der Waals surface area (Å²) in [5.74, 6) is -3.89. The van der Waals surface area contributed by atoms with E-state index < -0.39 is 39.6 Å². The summed E-state index contributed by atoms with van der Waals surface area (Å²) in [7, 11) is 0. The smallest absolute Gasteiger partial charge is 0.369 e. The highest BCUT2D eigenvalue weighted by Gasteiger charge is 2.67. The largest absolute Gasteiger partial charge is 0.416 e. The zero-order chi connectivity index (χ0) is 14.6. The summed E-state index contributed by atoms with van der Waals surface area (Å²) in [6.45, 7) is 0. The normalized spacial score (nSPS) is 25.2. The molecule has 0 aliphatic heterocycles. The molecule has 19 heavy (non-hydrogen) atoms. The van der Waals surface area contributed by atoms with Gasteiger partial charge in [0.25, 0.3) is 0 Å².